The SMILES string of the molecule is CC1(NC(=O)[C@@H]2C[C@@H](O)CN2C(=O)[C@@H](n2cc(C3CC3)nn2)C(C)(C)C)Cc2ccccc2C1. The van der Waals surface area contributed by atoms with Crippen LogP contribution in [-0.4, -0.2) is 61.0 Å². The lowest BCUT2D eigenvalue weighted by Crippen LogP contribution is -2.55. The summed E-state index contributed by atoms with van der Waals surface area (Å²) < 4.78 is 1.66. The van der Waals surface area contributed by atoms with Gasteiger partial charge in [0.1, 0.15) is 12.1 Å². The molecular formula is C26H35N5O3. The van der Waals surface area contributed by atoms with E-state index in [1.165, 1.54) is 11.1 Å². The maximum atomic E-state index is 13.9. The van der Waals surface area contributed by atoms with E-state index in [0.29, 0.717) is 5.92 Å². The number of aliphatic hydroxyl groups excluding tert-OH is 1. The maximum absolute atomic E-state index is 13.9. The number of nitrogens with zero attached hydrogens (tertiary/aromatic N) is 4. The Balaban J connectivity index is 1.36. The lowest BCUT2D eigenvalue weighted by atomic mass is 9.85. The molecule has 0 radical (unpaired) electrons. The normalized spacial score (nSPS) is 24.7. The van der Waals surface area contributed by atoms with Crippen molar-refractivity contribution in [1.29, 1.82) is 0 Å². The van der Waals surface area contributed by atoms with E-state index in [9.17, 15) is 14.7 Å². The molecule has 1 aliphatic heterocycles. The third-order valence-corrected chi connectivity index (χ3v) is 7.41. The summed E-state index contributed by atoms with van der Waals surface area (Å²) in [7, 11) is 0. The van der Waals surface area contributed by atoms with E-state index >= 15 is 0 Å². The lowest BCUT2D eigenvalue weighted by molar-refractivity contribution is -0.144. The highest BCUT2D eigenvalue weighted by Crippen LogP contribution is 2.40. The molecule has 0 bridgehead atoms. The zero-order valence-electron chi connectivity index (χ0n) is 20.5. The molecule has 0 spiro atoms. The zero-order valence-corrected chi connectivity index (χ0v) is 20.5. The first-order valence-electron chi connectivity index (χ1n) is 12.3. The molecule has 1 saturated heterocycles. The number of amides is 2. The second-order valence-corrected chi connectivity index (χ2v) is 11.7. The largest absolute Gasteiger partial charge is 0.391 e. The van der Waals surface area contributed by atoms with Gasteiger partial charge in [0.05, 0.1) is 11.8 Å². The fraction of sp³-hybridized carbons (Fsp3) is 0.615. The summed E-state index contributed by atoms with van der Waals surface area (Å²) in [5, 5.41) is 22.3. The fourth-order valence-electron chi connectivity index (χ4n) is 5.60. The van der Waals surface area contributed by atoms with E-state index < -0.39 is 29.1 Å². The Labute approximate surface area is 200 Å². The molecule has 3 aliphatic rings. The molecule has 2 heterocycles. The number of aliphatic hydroxyl groups is 1. The van der Waals surface area contributed by atoms with E-state index in [1.54, 1.807) is 9.58 Å². The topological polar surface area (TPSA) is 100 Å². The van der Waals surface area contributed by atoms with E-state index in [4.69, 9.17) is 0 Å². The minimum Gasteiger partial charge on any atom is -0.391 e. The van der Waals surface area contributed by atoms with Gasteiger partial charge >= 0.3 is 0 Å². The number of carbonyl (C=O) groups excluding carboxylic acids is 2. The molecule has 8 heteroatoms. The van der Waals surface area contributed by atoms with Gasteiger partial charge in [0.2, 0.25) is 11.8 Å². The summed E-state index contributed by atoms with van der Waals surface area (Å²) in [6, 6.07) is 6.92. The summed E-state index contributed by atoms with van der Waals surface area (Å²) in [4.78, 5) is 28.9. The van der Waals surface area contributed by atoms with Crippen molar-refractivity contribution in [3.63, 3.8) is 0 Å². The van der Waals surface area contributed by atoms with Crippen molar-refractivity contribution >= 4 is 11.8 Å². The van der Waals surface area contributed by atoms with Crippen molar-refractivity contribution in [2.45, 2.75) is 89.4 Å². The van der Waals surface area contributed by atoms with Gasteiger partial charge in [0.25, 0.3) is 0 Å². The standard InChI is InChI=1S/C26H35N5O3/c1-25(2,3)22(31-15-20(28-29-31)16-9-10-16)24(34)30-14-19(32)11-21(30)23(33)27-26(4)12-17-7-5-6-8-18(17)13-26/h5-8,15-16,19,21-22,32H,9-14H2,1-4H3,(H,27,33)/t19-,21+,22-/m1/s1. The number of fused-ring (bicyclic) bond motifs is 1. The van der Waals surface area contributed by atoms with Gasteiger partial charge in [0.15, 0.2) is 0 Å². The Hall–Kier alpha value is -2.74. The summed E-state index contributed by atoms with van der Waals surface area (Å²) in [5.74, 6) is 0.0364. The molecular weight excluding hydrogens is 430 g/mol. The van der Waals surface area contributed by atoms with Gasteiger partial charge < -0.3 is 15.3 Å². The molecule has 3 atom stereocenters. The number of rotatable bonds is 5. The number of nitrogens with one attached hydrogen (secondary N) is 1. The van der Waals surface area contributed by atoms with Crippen LogP contribution in [0.5, 0.6) is 0 Å². The zero-order chi connectivity index (χ0) is 24.3. The fourth-order valence-corrected chi connectivity index (χ4v) is 5.60. The highest BCUT2D eigenvalue weighted by Gasteiger charge is 2.47. The third kappa shape index (κ3) is 4.35. The first-order valence-corrected chi connectivity index (χ1v) is 12.3. The molecule has 2 aromatic rings. The minimum atomic E-state index is -0.730. The molecule has 1 aromatic heterocycles. The summed E-state index contributed by atoms with van der Waals surface area (Å²) >= 11 is 0. The molecule has 182 valence electrons. The summed E-state index contributed by atoms with van der Waals surface area (Å²) in [6.07, 6.45) is 5.11. The second kappa shape index (κ2) is 8.18. The smallest absolute Gasteiger partial charge is 0.248 e. The van der Waals surface area contributed by atoms with Crippen molar-refractivity contribution in [1.82, 2.24) is 25.2 Å². The van der Waals surface area contributed by atoms with Crippen molar-refractivity contribution in [3.8, 4) is 0 Å². The molecule has 2 N–H and O–H groups in total. The van der Waals surface area contributed by atoms with Crippen LogP contribution in [0.2, 0.25) is 0 Å². The van der Waals surface area contributed by atoms with Crippen molar-refractivity contribution in [2.24, 2.45) is 5.41 Å². The quantitative estimate of drug-likeness (QED) is 0.706. The highest BCUT2D eigenvalue weighted by molar-refractivity contribution is 5.90. The molecule has 2 aliphatic carbocycles. The monoisotopic (exact) mass is 465 g/mol. The summed E-state index contributed by atoms with van der Waals surface area (Å²) in [6.45, 7) is 8.17. The van der Waals surface area contributed by atoms with Crippen molar-refractivity contribution < 1.29 is 14.7 Å². The van der Waals surface area contributed by atoms with Crippen LogP contribution in [0.15, 0.2) is 30.5 Å². The number of β-amino-alcohol motifs (C(OH)–C–C–N with tert-alkyl or cyclic N) is 1. The summed E-state index contributed by atoms with van der Waals surface area (Å²) in [5.41, 5.74) is 2.56. The number of benzene rings is 1. The molecule has 2 amide bonds. The van der Waals surface area contributed by atoms with Gasteiger partial charge in [-0.05, 0) is 49.1 Å². The molecule has 2 fully saturated rings. The Morgan fingerprint density at radius 1 is 1.18 bits per heavy atom. The molecule has 1 aromatic carbocycles. The first-order chi connectivity index (χ1) is 16.0. The number of aromatic nitrogens is 3. The molecule has 34 heavy (non-hydrogen) atoms. The van der Waals surface area contributed by atoms with Gasteiger partial charge in [0, 0.05) is 30.6 Å². The molecule has 1 saturated carbocycles. The Morgan fingerprint density at radius 2 is 1.82 bits per heavy atom. The maximum Gasteiger partial charge on any atom is 0.248 e. The number of likely N-dealkylation sites (tertiary alicyclic amines) is 1. The predicted octanol–water partition coefficient (Wildman–Crippen LogP) is 2.38. The second-order valence-electron chi connectivity index (χ2n) is 11.7. The predicted molar refractivity (Wildman–Crippen MR) is 127 cm³/mol. The number of hydrogen-bond donors (Lipinski definition) is 2. The first kappa shape index (κ1) is 23.0. The van der Waals surface area contributed by atoms with Gasteiger partial charge in [-0.2, -0.15) is 0 Å². The van der Waals surface area contributed by atoms with Crippen LogP contribution >= 0.6 is 0 Å². The van der Waals surface area contributed by atoms with E-state index in [1.807, 2.05) is 39.1 Å². The van der Waals surface area contributed by atoms with Crippen LogP contribution in [0.1, 0.15) is 75.7 Å². The van der Waals surface area contributed by atoms with Gasteiger partial charge in [-0.3, -0.25) is 9.59 Å². The van der Waals surface area contributed by atoms with Gasteiger partial charge in [-0.1, -0.05) is 50.3 Å². The van der Waals surface area contributed by atoms with Crippen LogP contribution in [-0.2, 0) is 22.4 Å². The molecule has 0 unspecified atom stereocenters. The molecule has 8 nitrogen and oxygen atoms in total. The van der Waals surface area contributed by atoms with Crippen LogP contribution in [0.4, 0.5) is 0 Å². The third-order valence-electron chi connectivity index (χ3n) is 7.41. The average Bonchev–Trinajstić information content (AvgIpc) is 3.19. The Bertz CT molecular complexity index is 1070. The average molecular weight is 466 g/mol. The number of carbonyl (C=O) groups is 2. The molecule has 5 rings (SSSR count). The van der Waals surface area contributed by atoms with Gasteiger partial charge in [-0.15, -0.1) is 5.10 Å². The van der Waals surface area contributed by atoms with Crippen LogP contribution in [0.25, 0.3) is 0 Å². The van der Waals surface area contributed by atoms with Crippen molar-refractivity contribution in [2.75, 3.05) is 6.54 Å². The highest BCUT2D eigenvalue weighted by atomic mass is 16.3. The number of hydrogen-bond acceptors (Lipinski definition) is 5. The van der Waals surface area contributed by atoms with Crippen LogP contribution in [0.3, 0.4) is 0 Å². The van der Waals surface area contributed by atoms with Gasteiger partial charge in [-0.25, -0.2) is 4.68 Å². The Kier molecular flexibility index (Phi) is 5.54. The van der Waals surface area contributed by atoms with E-state index in [-0.39, 0.29) is 24.8 Å². The Morgan fingerprint density at radius 3 is 2.41 bits per heavy atom. The van der Waals surface area contributed by atoms with Crippen LogP contribution in [0, 0.1) is 5.41 Å². The minimum absolute atomic E-state index is 0.143. The van der Waals surface area contributed by atoms with E-state index in [2.05, 4.69) is 34.7 Å². The van der Waals surface area contributed by atoms with E-state index in [0.717, 1.165) is 31.4 Å². The van der Waals surface area contributed by atoms with Crippen molar-refractivity contribution in [3.05, 3.63) is 47.3 Å². The van der Waals surface area contributed by atoms with Crippen LogP contribution < -0.4 is 5.32 Å². The lowest BCUT2D eigenvalue weighted by Gasteiger charge is -2.35.